The first kappa shape index (κ1) is 14.8. The molecule has 0 spiro atoms. The molecule has 0 aliphatic rings. The highest BCUT2D eigenvalue weighted by molar-refractivity contribution is 6.30. The molecule has 0 radical (unpaired) electrons. The van der Waals surface area contributed by atoms with E-state index in [1.54, 1.807) is 6.20 Å². The number of pyridine rings is 1. The van der Waals surface area contributed by atoms with Gasteiger partial charge in [0.2, 0.25) is 5.88 Å². The zero-order valence-electron chi connectivity index (χ0n) is 11.4. The molecule has 0 aliphatic carbocycles. The molecule has 0 amide bonds. The van der Waals surface area contributed by atoms with Crippen LogP contribution in [0.4, 0.5) is 4.39 Å². The minimum atomic E-state index is -0.471. The fourth-order valence-corrected chi connectivity index (χ4v) is 2.01. The Labute approximate surface area is 122 Å². The molecule has 1 aromatic carbocycles. The summed E-state index contributed by atoms with van der Waals surface area (Å²) in [4.78, 5) is 4.14. The maximum atomic E-state index is 13.1. The standard InChI is InChI=1S/C15H16ClFN2O/c1-3-18-10(2)11-6-7-19-15(8-11)20-12-4-5-14(17)13(16)9-12/h4-10,18H,3H2,1-2H3. The number of halogens is 2. The van der Waals surface area contributed by atoms with Gasteiger partial charge in [-0.15, -0.1) is 0 Å². The van der Waals surface area contributed by atoms with Gasteiger partial charge < -0.3 is 10.1 Å². The van der Waals surface area contributed by atoms with E-state index in [2.05, 4.69) is 24.1 Å². The van der Waals surface area contributed by atoms with Gasteiger partial charge in [0.05, 0.1) is 5.02 Å². The average molecular weight is 295 g/mol. The molecule has 2 rings (SSSR count). The van der Waals surface area contributed by atoms with Crippen molar-refractivity contribution in [3.63, 3.8) is 0 Å². The van der Waals surface area contributed by atoms with Crippen LogP contribution in [0.1, 0.15) is 25.5 Å². The third-order valence-corrected chi connectivity index (χ3v) is 3.17. The Morgan fingerprint density at radius 2 is 2.15 bits per heavy atom. The Morgan fingerprint density at radius 1 is 1.35 bits per heavy atom. The molecule has 0 aliphatic heterocycles. The van der Waals surface area contributed by atoms with Gasteiger partial charge in [0.15, 0.2) is 0 Å². The number of ether oxygens (including phenoxy) is 1. The lowest BCUT2D eigenvalue weighted by Crippen LogP contribution is -2.17. The van der Waals surface area contributed by atoms with Crippen molar-refractivity contribution in [3.05, 3.63) is 52.9 Å². The van der Waals surface area contributed by atoms with Crippen LogP contribution in [0, 0.1) is 5.82 Å². The van der Waals surface area contributed by atoms with Gasteiger partial charge in [-0.1, -0.05) is 18.5 Å². The maximum absolute atomic E-state index is 13.1. The third-order valence-electron chi connectivity index (χ3n) is 2.88. The maximum Gasteiger partial charge on any atom is 0.219 e. The largest absolute Gasteiger partial charge is 0.439 e. The van der Waals surface area contributed by atoms with Crippen molar-refractivity contribution in [2.45, 2.75) is 19.9 Å². The number of nitrogens with one attached hydrogen (secondary N) is 1. The van der Waals surface area contributed by atoms with Crippen LogP contribution in [-0.4, -0.2) is 11.5 Å². The van der Waals surface area contributed by atoms with Crippen molar-refractivity contribution in [2.75, 3.05) is 6.54 Å². The molecule has 2 aromatic rings. The van der Waals surface area contributed by atoms with Crippen molar-refractivity contribution >= 4 is 11.6 Å². The van der Waals surface area contributed by atoms with Crippen molar-refractivity contribution in [1.29, 1.82) is 0 Å². The molecule has 0 fully saturated rings. The van der Waals surface area contributed by atoms with Gasteiger partial charge in [0.1, 0.15) is 11.6 Å². The second-order valence-electron chi connectivity index (χ2n) is 4.38. The summed E-state index contributed by atoms with van der Waals surface area (Å²) >= 11 is 5.72. The molecule has 1 heterocycles. The molecule has 0 saturated carbocycles. The average Bonchev–Trinajstić information content (AvgIpc) is 2.43. The Balaban J connectivity index is 2.16. The van der Waals surface area contributed by atoms with Crippen LogP contribution < -0.4 is 10.1 Å². The molecule has 1 aromatic heterocycles. The molecule has 5 heteroatoms. The van der Waals surface area contributed by atoms with Crippen LogP contribution in [0.25, 0.3) is 0 Å². The van der Waals surface area contributed by atoms with Gasteiger partial charge in [-0.2, -0.15) is 0 Å². The van der Waals surface area contributed by atoms with Crippen molar-refractivity contribution < 1.29 is 9.13 Å². The predicted octanol–water partition coefficient (Wildman–Crippen LogP) is 4.34. The minimum Gasteiger partial charge on any atom is -0.439 e. The number of benzene rings is 1. The summed E-state index contributed by atoms with van der Waals surface area (Å²) < 4.78 is 18.7. The second-order valence-corrected chi connectivity index (χ2v) is 4.79. The van der Waals surface area contributed by atoms with Crippen LogP contribution in [-0.2, 0) is 0 Å². The predicted molar refractivity (Wildman–Crippen MR) is 77.8 cm³/mol. The first-order valence-corrected chi connectivity index (χ1v) is 6.80. The highest BCUT2D eigenvalue weighted by atomic mass is 35.5. The minimum absolute atomic E-state index is 0.0275. The smallest absolute Gasteiger partial charge is 0.219 e. The highest BCUT2D eigenvalue weighted by Crippen LogP contribution is 2.26. The van der Waals surface area contributed by atoms with E-state index in [9.17, 15) is 4.39 Å². The first-order chi connectivity index (χ1) is 9.60. The van der Waals surface area contributed by atoms with Crippen LogP contribution in [0.2, 0.25) is 5.02 Å². The summed E-state index contributed by atoms with van der Waals surface area (Å²) in [5.41, 5.74) is 1.07. The number of nitrogens with zero attached hydrogens (tertiary/aromatic N) is 1. The highest BCUT2D eigenvalue weighted by Gasteiger charge is 2.07. The van der Waals surface area contributed by atoms with E-state index in [1.807, 2.05) is 12.1 Å². The molecule has 106 valence electrons. The Bertz CT molecular complexity index is 592. The van der Waals surface area contributed by atoms with Crippen LogP contribution in [0.5, 0.6) is 11.6 Å². The molecular weight excluding hydrogens is 279 g/mol. The fourth-order valence-electron chi connectivity index (χ4n) is 1.84. The zero-order chi connectivity index (χ0) is 14.5. The quantitative estimate of drug-likeness (QED) is 0.891. The first-order valence-electron chi connectivity index (χ1n) is 6.42. The summed E-state index contributed by atoms with van der Waals surface area (Å²) in [5, 5.41) is 3.34. The summed E-state index contributed by atoms with van der Waals surface area (Å²) in [5.74, 6) is 0.438. The third kappa shape index (κ3) is 3.68. The molecule has 0 saturated heterocycles. The monoisotopic (exact) mass is 294 g/mol. The van der Waals surface area contributed by atoms with E-state index in [4.69, 9.17) is 16.3 Å². The van der Waals surface area contributed by atoms with Crippen molar-refractivity contribution in [1.82, 2.24) is 10.3 Å². The Kier molecular flexibility index (Phi) is 4.93. The molecule has 1 N–H and O–H groups in total. The zero-order valence-corrected chi connectivity index (χ0v) is 12.1. The number of rotatable bonds is 5. The molecule has 20 heavy (non-hydrogen) atoms. The lowest BCUT2D eigenvalue weighted by Gasteiger charge is -2.13. The molecule has 1 unspecified atom stereocenters. The fraction of sp³-hybridized carbons (Fsp3) is 0.267. The Hall–Kier alpha value is -1.65. The lowest BCUT2D eigenvalue weighted by molar-refractivity contribution is 0.458. The van der Waals surface area contributed by atoms with Crippen molar-refractivity contribution in [2.24, 2.45) is 0 Å². The van der Waals surface area contributed by atoms with Crippen LogP contribution >= 0.6 is 11.6 Å². The van der Waals surface area contributed by atoms with E-state index < -0.39 is 5.82 Å². The SMILES string of the molecule is CCNC(C)c1ccnc(Oc2ccc(F)c(Cl)c2)c1. The van der Waals surface area contributed by atoms with E-state index >= 15 is 0 Å². The van der Waals surface area contributed by atoms with E-state index in [1.165, 1.54) is 18.2 Å². The van der Waals surface area contributed by atoms with Gasteiger partial charge in [-0.05, 0) is 37.2 Å². The van der Waals surface area contributed by atoms with E-state index in [0.29, 0.717) is 11.6 Å². The molecule has 1 atom stereocenters. The van der Waals surface area contributed by atoms with Gasteiger partial charge >= 0.3 is 0 Å². The molecule has 3 nitrogen and oxygen atoms in total. The summed E-state index contributed by atoms with van der Waals surface area (Å²) in [6, 6.07) is 8.20. The van der Waals surface area contributed by atoms with Crippen LogP contribution in [0.3, 0.4) is 0 Å². The van der Waals surface area contributed by atoms with Gasteiger partial charge in [0.25, 0.3) is 0 Å². The van der Waals surface area contributed by atoms with E-state index in [-0.39, 0.29) is 11.1 Å². The normalized spacial score (nSPS) is 12.2. The van der Waals surface area contributed by atoms with E-state index in [0.717, 1.165) is 12.1 Å². The summed E-state index contributed by atoms with van der Waals surface area (Å²) in [7, 11) is 0. The topological polar surface area (TPSA) is 34.2 Å². The number of hydrogen-bond acceptors (Lipinski definition) is 3. The van der Waals surface area contributed by atoms with Gasteiger partial charge in [-0.3, -0.25) is 0 Å². The van der Waals surface area contributed by atoms with Crippen LogP contribution in [0.15, 0.2) is 36.5 Å². The Morgan fingerprint density at radius 3 is 2.85 bits per heavy atom. The van der Waals surface area contributed by atoms with Gasteiger partial charge in [0, 0.05) is 24.4 Å². The number of hydrogen-bond donors (Lipinski definition) is 1. The number of aromatic nitrogens is 1. The molecule has 0 bridgehead atoms. The summed E-state index contributed by atoms with van der Waals surface area (Å²) in [6.45, 7) is 5.00. The second kappa shape index (κ2) is 6.68. The van der Waals surface area contributed by atoms with Gasteiger partial charge in [-0.25, -0.2) is 9.37 Å². The lowest BCUT2D eigenvalue weighted by atomic mass is 10.1. The van der Waals surface area contributed by atoms with Crippen molar-refractivity contribution in [3.8, 4) is 11.6 Å². The molecular formula is C15H16ClFN2O. The summed E-state index contributed by atoms with van der Waals surface area (Å²) in [6.07, 6.45) is 1.68.